The standard InChI is InChI=1S/C47H52N10O6S/c58-41-8-7-39(45(59)49-41)57-46(60)37-6-5-34(25-38(37)47(57)61)55-17-11-31(28-55)27-52-15-9-30(10-16-52)26-53-18-20-54(21-19-53)33-3-1-4-35(24-33)64-51-44-42-40(63-50-44)23-32(29-56-14-2-13-48-56)36-12-22-62-43(36)42/h1-6,13-14,23-25,30-31,39H,7-12,15-22,26-29H2,(H,50,51)(H,49,58,59). The fourth-order valence-electron chi connectivity index (χ4n) is 10.6. The number of likely N-dealkylation sites (tertiary alicyclic amines) is 1. The number of anilines is 3. The molecule has 2 atom stereocenters. The molecule has 0 saturated carbocycles. The second-order valence-corrected chi connectivity index (χ2v) is 18.9. The zero-order valence-electron chi connectivity index (χ0n) is 35.7. The van der Waals surface area contributed by atoms with Crippen molar-refractivity contribution in [2.45, 2.75) is 56.0 Å². The molecule has 4 saturated heterocycles. The summed E-state index contributed by atoms with van der Waals surface area (Å²) in [6.45, 7) is 11.7. The van der Waals surface area contributed by atoms with Gasteiger partial charge in [-0.05, 0) is 117 Å². The third kappa shape index (κ3) is 7.98. The number of aromatic nitrogens is 3. The third-order valence-electron chi connectivity index (χ3n) is 14.0. The zero-order valence-corrected chi connectivity index (χ0v) is 36.6. The number of benzene rings is 3. The Hall–Kier alpha value is -5.91. The smallest absolute Gasteiger partial charge is 0.262 e. The maximum absolute atomic E-state index is 13.4. The van der Waals surface area contributed by atoms with Crippen molar-refractivity contribution < 1.29 is 28.4 Å². The summed E-state index contributed by atoms with van der Waals surface area (Å²) >= 11 is 1.54. The van der Waals surface area contributed by atoms with E-state index in [0.717, 1.165) is 110 Å². The lowest BCUT2D eigenvalue weighted by atomic mass is 9.95. The number of imide groups is 2. The molecule has 2 unspecified atom stereocenters. The van der Waals surface area contributed by atoms with Crippen LogP contribution < -0.4 is 24.6 Å². The Labute approximate surface area is 375 Å². The molecule has 16 nitrogen and oxygen atoms in total. The van der Waals surface area contributed by atoms with Gasteiger partial charge >= 0.3 is 0 Å². The van der Waals surface area contributed by atoms with Gasteiger partial charge in [0.2, 0.25) is 11.8 Å². The molecule has 0 radical (unpaired) electrons. The lowest BCUT2D eigenvalue weighted by Crippen LogP contribution is -2.54. The fourth-order valence-corrected chi connectivity index (χ4v) is 11.3. The van der Waals surface area contributed by atoms with E-state index >= 15 is 0 Å². The number of carbonyl (C=O) groups excluding carboxylic acids is 4. The van der Waals surface area contributed by atoms with Crippen molar-refractivity contribution in [3.63, 3.8) is 0 Å². The molecule has 64 heavy (non-hydrogen) atoms. The van der Waals surface area contributed by atoms with E-state index in [9.17, 15) is 19.2 Å². The molecule has 0 spiro atoms. The normalized spacial score (nSPS) is 22.1. The van der Waals surface area contributed by atoms with E-state index in [1.165, 1.54) is 36.0 Å². The van der Waals surface area contributed by atoms with Gasteiger partial charge in [-0.15, -0.1) is 0 Å². The van der Waals surface area contributed by atoms with Crippen molar-refractivity contribution in [1.29, 1.82) is 0 Å². The summed E-state index contributed by atoms with van der Waals surface area (Å²) in [5.41, 5.74) is 5.87. The highest BCUT2D eigenvalue weighted by Crippen LogP contribution is 2.42. The van der Waals surface area contributed by atoms with E-state index in [0.29, 0.717) is 47.5 Å². The summed E-state index contributed by atoms with van der Waals surface area (Å²) in [4.78, 5) is 63.0. The number of hydrogen-bond donors (Lipinski definition) is 2. The first-order valence-electron chi connectivity index (χ1n) is 22.7. The van der Waals surface area contributed by atoms with Crippen LogP contribution in [0, 0.1) is 11.8 Å². The maximum Gasteiger partial charge on any atom is 0.262 e. The van der Waals surface area contributed by atoms with Crippen molar-refractivity contribution in [3.8, 4) is 5.75 Å². The predicted molar refractivity (Wildman–Crippen MR) is 242 cm³/mol. The van der Waals surface area contributed by atoms with Crippen LogP contribution in [0.25, 0.3) is 11.0 Å². The van der Waals surface area contributed by atoms with Crippen molar-refractivity contribution >= 4 is 63.7 Å². The Balaban J connectivity index is 0.625. The van der Waals surface area contributed by atoms with E-state index in [1.54, 1.807) is 12.3 Å². The van der Waals surface area contributed by atoms with E-state index in [-0.39, 0.29) is 18.7 Å². The van der Waals surface area contributed by atoms with Crippen LogP contribution in [-0.4, -0.2) is 131 Å². The van der Waals surface area contributed by atoms with Crippen LogP contribution in [0.5, 0.6) is 5.75 Å². The molecular formula is C47H52N10O6S. The number of carbonyl (C=O) groups is 4. The van der Waals surface area contributed by atoms with Gasteiger partial charge in [0.25, 0.3) is 11.8 Å². The zero-order chi connectivity index (χ0) is 43.3. The SMILES string of the molecule is O=C1CCC(N2C(=O)c3ccc(N4CCC(CN5CCC(CN6CCN(c7cccc(SNc8noc9cc(Cn%10cccn%10)c%10c(c89)OCC%10)c7)CC6)CC5)C4)cc3C2=O)C(=O)N1. The first-order chi connectivity index (χ1) is 31.3. The molecular weight excluding hydrogens is 833 g/mol. The molecule has 5 aromatic rings. The Morgan fingerprint density at radius 3 is 2.41 bits per heavy atom. The van der Waals surface area contributed by atoms with E-state index < -0.39 is 23.8 Å². The molecule has 6 aliphatic heterocycles. The van der Waals surface area contributed by atoms with Crippen molar-refractivity contribution in [3.05, 3.63) is 89.2 Å². The number of fused-ring (bicyclic) bond motifs is 4. The van der Waals surface area contributed by atoms with Crippen molar-refractivity contribution in [1.82, 2.24) is 35.0 Å². The van der Waals surface area contributed by atoms with Crippen molar-refractivity contribution in [2.75, 3.05) is 86.6 Å². The van der Waals surface area contributed by atoms with Gasteiger partial charge in [-0.2, -0.15) is 5.10 Å². The average Bonchev–Trinajstić information content (AvgIpc) is 4.18. The summed E-state index contributed by atoms with van der Waals surface area (Å²) in [6, 6.07) is 17.2. The van der Waals surface area contributed by atoms with Gasteiger partial charge in [0, 0.05) is 99.4 Å². The molecule has 4 amide bonds. The van der Waals surface area contributed by atoms with Gasteiger partial charge in [-0.25, -0.2) is 0 Å². The second-order valence-electron chi connectivity index (χ2n) is 18.1. The Morgan fingerprint density at radius 2 is 1.58 bits per heavy atom. The lowest BCUT2D eigenvalue weighted by Gasteiger charge is -2.40. The Kier molecular flexibility index (Phi) is 11.0. The summed E-state index contributed by atoms with van der Waals surface area (Å²) < 4.78 is 17.3. The van der Waals surface area contributed by atoms with Crippen LogP contribution >= 0.6 is 11.9 Å². The summed E-state index contributed by atoms with van der Waals surface area (Å²) in [7, 11) is 0. The number of nitrogens with zero attached hydrogens (tertiary/aromatic N) is 8. The third-order valence-corrected chi connectivity index (χ3v) is 14.8. The van der Waals surface area contributed by atoms with Crippen LogP contribution in [0.4, 0.5) is 17.2 Å². The van der Waals surface area contributed by atoms with Crippen LogP contribution in [0.2, 0.25) is 0 Å². The molecule has 0 aliphatic carbocycles. The number of piperidine rings is 2. The van der Waals surface area contributed by atoms with Crippen LogP contribution in [0.1, 0.15) is 63.9 Å². The summed E-state index contributed by atoms with van der Waals surface area (Å²) in [5, 5.41) is 11.9. The van der Waals surface area contributed by atoms with Gasteiger partial charge in [-0.1, -0.05) is 11.2 Å². The Morgan fingerprint density at radius 1 is 0.781 bits per heavy atom. The number of piperazine rings is 1. The minimum absolute atomic E-state index is 0.107. The van der Waals surface area contributed by atoms with Gasteiger partial charge in [-0.3, -0.25) is 39.0 Å². The van der Waals surface area contributed by atoms with Crippen LogP contribution in [-0.2, 0) is 22.6 Å². The average molecular weight is 885 g/mol. The molecule has 6 aliphatic rings. The number of rotatable bonds is 12. The number of hydrogen-bond acceptors (Lipinski definition) is 14. The molecule has 0 bridgehead atoms. The van der Waals surface area contributed by atoms with Gasteiger partial charge in [0.1, 0.15) is 17.2 Å². The molecule has 8 heterocycles. The van der Waals surface area contributed by atoms with Crippen LogP contribution in [0.3, 0.4) is 0 Å². The predicted octanol–water partition coefficient (Wildman–Crippen LogP) is 4.89. The monoisotopic (exact) mass is 884 g/mol. The second kappa shape index (κ2) is 17.2. The quantitative estimate of drug-likeness (QED) is 0.129. The highest BCUT2D eigenvalue weighted by Gasteiger charge is 2.45. The molecule has 4 fully saturated rings. The molecule has 11 rings (SSSR count). The Bertz CT molecular complexity index is 2600. The first kappa shape index (κ1) is 40.8. The number of ether oxygens (including phenoxy) is 1. The van der Waals surface area contributed by atoms with E-state index in [2.05, 4.69) is 70.2 Å². The lowest BCUT2D eigenvalue weighted by molar-refractivity contribution is -0.136. The van der Waals surface area contributed by atoms with Crippen LogP contribution in [0.15, 0.2) is 76.4 Å². The largest absolute Gasteiger partial charge is 0.492 e. The van der Waals surface area contributed by atoms with Crippen molar-refractivity contribution in [2.24, 2.45) is 11.8 Å². The number of amides is 4. The molecule has 2 N–H and O–H groups in total. The highest BCUT2D eigenvalue weighted by atomic mass is 32.2. The van der Waals surface area contributed by atoms with Gasteiger partial charge in [0.15, 0.2) is 11.4 Å². The topological polar surface area (TPSA) is 162 Å². The highest BCUT2D eigenvalue weighted by molar-refractivity contribution is 8.00. The maximum atomic E-state index is 13.4. The summed E-state index contributed by atoms with van der Waals surface area (Å²) in [6.07, 6.45) is 8.39. The minimum Gasteiger partial charge on any atom is -0.492 e. The first-order valence-corrected chi connectivity index (χ1v) is 23.5. The molecule has 2 aromatic heterocycles. The van der Waals surface area contributed by atoms with Gasteiger partial charge in [0.05, 0.1) is 24.3 Å². The molecule has 332 valence electrons. The minimum atomic E-state index is -0.955. The summed E-state index contributed by atoms with van der Waals surface area (Å²) in [5.74, 6) is 0.887. The van der Waals surface area contributed by atoms with Gasteiger partial charge < -0.3 is 28.7 Å². The molecule has 17 heteroatoms. The van der Waals surface area contributed by atoms with E-state index in [1.807, 2.05) is 29.1 Å². The number of nitrogens with one attached hydrogen (secondary N) is 2. The van der Waals surface area contributed by atoms with E-state index in [4.69, 9.17) is 9.26 Å². The molecule has 3 aromatic carbocycles. The fraction of sp³-hybridized carbons (Fsp3) is 0.447.